The molecule has 2 rings (SSSR count). The molecule has 2 N–H and O–H groups in total. The van der Waals surface area contributed by atoms with E-state index in [1.54, 1.807) is 6.07 Å². The fraction of sp³-hybridized carbons (Fsp3) is 0.333. The molecular formula is C12H14ClN3O2. The summed E-state index contributed by atoms with van der Waals surface area (Å²) in [5.74, 6) is 0.0124. The van der Waals surface area contributed by atoms with Crippen molar-refractivity contribution in [3.63, 3.8) is 0 Å². The van der Waals surface area contributed by atoms with E-state index in [-0.39, 0.29) is 6.42 Å². The third kappa shape index (κ3) is 3.21. The molecule has 0 aliphatic heterocycles. The average Bonchev–Trinajstić information content (AvgIpc) is 2.67. The highest BCUT2D eigenvalue weighted by Gasteiger charge is 2.07. The number of rotatable bonds is 5. The largest absolute Gasteiger partial charge is 0.481 e. The normalized spacial score (nSPS) is 11.3. The number of imidazole rings is 1. The van der Waals surface area contributed by atoms with E-state index < -0.39 is 5.97 Å². The van der Waals surface area contributed by atoms with Crippen molar-refractivity contribution in [2.75, 3.05) is 13.6 Å². The van der Waals surface area contributed by atoms with E-state index in [9.17, 15) is 4.79 Å². The number of H-pyrrole nitrogens is 1. The Labute approximate surface area is 109 Å². The standard InChI is InChI=1S/C12H14ClN3O2/c1-16(5-4-12(17)18)7-11-14-9-3-2-8(13)6-10(9)15-11/h2-3,6H,4-5,7H2,1H3,(H,14,15)(H,17,18). The van der Waals surface area contributed by atoms with Crippen molar-refractivity contribution in [2.24, 2.45) is 0 Å². The molecule has 18 heavy (non-hydrogen) atoms. The second-order valence-corrected chi connectivity index (χ2v) is 4.66. The zero-order chi connectivity index (χ0) is 13.1. The fourth-order valence-electron chi connectivity index (χ4n) is 1.73. The van der Waals surface area contributed by atoms with Crippen LogP contribution in [0.1, 0.15) is 12.2 Å². The molecule has 2 aromatic rings. The van der Waals surface area contributed by atoms with Crippen molar-refractivity contribution in [1.29, 1.82) is 0 Å². The topological polar surface area (TPSA) is 69.2 Å². The van der Waals surface area contributed by atoms with Gasteiger partial charge in [-0.05, 0) is 25.2 Å². The molecule has 0 amide bonds. The number of aliphatic carboxylic acids is 1. The molecule has 5 nitrogen and oxygen atoms in total. The molecule has 96 valence electrons. The molecule has 0 fully saturated rings. The van der Waals surface area contributed by atoms with Crippen LogP contribution >= 0.6 is 11.6 Å². The molecule has 0 aliphatic carbocycles. The molecule has 1 heterocycles. The van der Waals surface area contributed by atoms with E-state index in [1.165, 1.54) is 0 Å². The maximum atomic E-state index is 10.5. The van der Waals surface area contributed by atoms with E-state index in [0.717, 1.165) is 16.9 Å². The Kier molecular flexibility index (Phi) is 3.84. The Morgan fingerprint density at radius 2 is 2.33 bits per heavy atom. The van der Waals surface area contributed by atoms with Gasteiger partial charge in [0, 0.05) is 11.6 Å². The van der Waals surface area contributed by atoms with E-state index in [2.05, 4.69) is 9.97 Å². The minimum atomic E-state index is -0.793. The number of hydrogen-bond donors (Lipinski definition) is 2. The van der Waals surface area contributed by atoms with Gasteiger partial charge in [0.25, 0.3) is 0 Å². The number of fused-ring (bicyclic) bond motifs is 1. The van der Waals surface area contributed by atoms with Gasteiger partial charge in [-0.25, -0.2) is 4.98 Å². The molecule has 0 spiro atoms. The first-order valence-corrected chi connectivity index (χ1v) is 5.97. The molecule has 0 radical (unpaired) electrons. The SMILES string of the molecule is CN(CCC(=O)O)Cc1nc2ccc(Cl)cc2[nH]1. The molecule has 0 unspecified atom stereocenters. The number of carboxylic acid groups (broad SMARTS) is 1. The lowest BCUT2D eigenvalue weighted by Gasteiger charge is -2.12. The number of nitrogens with zero attached hydrogens (tertiary/aromatic N) is 2. The Bertz CT molecular complexity index is 567. The molecule has 1 aromatic heterocycles. The van der Waals surface area contributed by atoms with Crippen LogP contribution < -0.4 is 0 Å². The first-order chi connectivity index (χ1) is 8.54. The predicted molar refractivity (Wildman–Crippen MR) is 69.7 cm³/mol. The Morgan fingerprint density at radius 3 is 3.06 bits per heavy atom. The first kappa shape index (κ1) is 12.9. The van der Waals surface area contributed by atoms with Crippen molar-refractivity contribution in [1.82, 2.24) is 14.9 Å². The van der Waals surface area contributed by atoms with Gasteiger partial charge in [0.05, 0.1) is 24.0 Å². The van der Waals surface area contributed by atoms with Crippen molar-refractivity contribution >= 4 is 28.6 Å². The van der Waals surface area contributed by atoms with Crippen LogP contribution in [0.3, 0.4) is 0 Å². The number of carbonyl (C=O) groups is 1. The summed E-state index contributed by atoms with van der Waals surface area (Å²) >= 11 is 5.89. The Hall–Kier alpha value is -1.59. The van der Waals surface area contributed by atoms with Gasteiger partial charge in [0.1, 0.15) is 5.82 Å². The third-order valence-corrected chi connectivity index (χ3v) is 2.86. The summed E-state index contributed by atoms with van der Waals surface area (Å²) < 4.78 is 0. The zero-order valence-corrected chi connectivity index (χ0v) is 10.7. The highest BCUT2D eigenvalue weighted by Crippen LogP contribution is 2.17. The number of carboxylic acids is 1. The summed E-state index contributed by atoms with van der Waals surface area (Å²) in [5, 5.41) is 9.27. The van der Waals surface area contributed by atoms with Crippen LogP contribution in [0.25, 0.3) is 11.0 Å². The minimum Gasteiger partial charge on any atom is -0.481 e. The van der Waals surface area contributed by atoms with Crippen molar-refractivity contribution < 1.29 is 9.90 Å². The third-order valence-electron chi connectivity index (χ3n) is 2.62. The maximum Gasteiger partial charge on any atom is 0.304 e. The lowest BCUT2D eigenvalue weighted by molar-refractivity contribution is -0.137. The van der Waals surface area contributed by atoms with Crippen LogP contribution in [0.15, 0.2) is 18.2 Å². The Balaban J connectivity index is 2.05. The van der Waals surface area contributed by atoms with E-state index >= 15 is 0 Å². The van der Waals surface area contributed by atoms with Gasteiger partial charge in [0.2, 0.25) is 0 Å². The second kappa shape index (κ2) is 5.37. The number of benzene rings is 1. The number of halogens is 1. The van der Waals surface area contributed by atoms with Gasteiger partial charge in [0.15, 0.2) is 0 Å². The fourth-order valence-corrected chi connectivity index (χ4v) is 1.90. The van der Waals surface area contributed by atoms with Crippen LogP contribution in [0.5, 0.6) is 0 Å². The van der Waals surface area contributed by atoms with Crippen LogP contribution in [0.2, 0.25) is 5.02 Å². The number of hydrogen-bond acceptors (Lipinski definition) is 3. The monoisotopic (exact) mass is 267 g/mol. The average molecular weight is 268 g/mol. The highest BCUT2D eigenvalue weighted by molar-refractivity contribution is 6.31. The van der Waals surface area contributed by atoms with Gasteiger partial charge in [-0.15, -0.1) is 0 Å². The van der Waals surface area contributed by atoms with E-state index in [1.807, 2.05) is 24.1 Å². The van der Waals surface area contributed by atoms with Gasteiger partial charge in [-0.1, -0.05) is 11.6 Å². The maximum absolute atomic E-state index is 10.5. The summed E-state index contributed by atoms with van der Waals surface area (Å²) in [5.41, 5.74) is 1.75. The molecular weight excluding hydrogens is 254 g/mol. The molecule has 0 atom stereocenters. The van der Waals surface area contributed by atoms with Gasteiger partial charge in [-0.2, -0.15) is 0 Å². The summed E-state index contributed by atoms with van der Waals surface area (Å²) in [6.07, 6.45) is 0.128. The van der Waals surface area contributed by atoms with Crippen molar-refractivity contribution in [3.8, 4) is 0 Å². The van der Waals surface area contributed by atoms with Gasteiger partial charge in [-0.3, -0.25) is 9.69 Å². The van der Waals surface area contributed by atoms with Crippen LogP contribution in [0, 0.1) is 0 Å². The molecule has 0 saturated carbocycles. The summed E-state index contributed by atoms with van der Waals surface area (Å²) in [4.78, 5) is 20.0. The van der Waals surface area contributed by atoms with Crippen molar-refractivity contribution in [3.05, 3.63) is 29.0 Å². The smallest absolute Gasteiger partial charge is 0.304 e. The van der Waals surface area contributed by atoms with Gasteiger partial charge >= 0.3 is 5.97 Å². The van der Waals surface area contributed by atoms with Crippen LogP contribution in [-0.4, -0.2) is 39.5 Å². The molecule has 0 bridgehead atoms. The zero-order valence-electron chi connectivity index (χ0n) is 9.98. The van der Waals surface area contributed by atoms with Crippen LogP contribution in [-0.2, 0) is 11.3 Å². The molecule has 0 aliphatic rings. The summed E-state index contributed by atoms with van der Waals surface area (Å²) in [6, 6.07) is 5.47. The lowest BCUT2D eigenvalue weighted by Crippen LogP contribution is -2.21. The summed E-state index contributed by atoms with van der Waals surface area (Å²) in [7, 11) is 1.86. The van der Waals surface area contributed by atoms with E-state index in [0.29, 0.717) is 18.1 Å². The summed E-state index contributed by atoms with van der Waals surface area (Å²) in [6.45, 7) is 1.08. The van der Waals surface area contributed by atoms with E-state index in [4.69, 9.17) is 16.7 Å². The Morgan fingerprint density at radius 1 is 1.56 bits per heavy atom. The number of aromatic nitrogens is 2. The molecule has 1 aromatic carbocycles. The molecule has 0 saturated heterocycles. The molecule has 6 heteroatoms. The van der Waals surface area contributed by atoms with Crippen LogP contribution in [0.4, 0.5) is 0 Å². The highest BCUT2D eigenvalue weighted by atomic mass is 35.5. The minimum absolute atomic E-state index is 0.128. The second-order valence-electron chi connectivity index (χ2n) is 4.23. The first-order valence-electron chi connectivity index (χ1n) is 5.59. The number of nitrogens with one attached hydrogen (secondary N) is 1. The van der Waals surface area contributed by atoms with Gasteiger partial charge < -0.3 is 10.1 Å². The van der Waals surface area contributed by atoms with Crippen molar-refractivity contribution in [2.45, 2.75) is 13.0 Å². The predicted octanol–water partition coefficient (Wildman–Crippen LogP) is 2.12. The lowest BCUT2D eigenvalue weighted by atomic mass is 10.3. The number of aromatic amines is 1. The quantitative estimate of drug-likeness (QED) is 0.871.